The molecule has 1 heterocycles. The molecule has 0 radical (unpaired) electrons. The van der Waals surface area contributed by atoms with Crippen LogP contribution in [0.1, 0.15) is 17.7 Å². The molecule has 0 amide bonds. The minimum atomic E-state index is 0.563. The molecule has 0 unspecified atom stereocenters. The van der Waals surface area contributed by atoms with Crippen LogP contribution in [0.4, 0.5) is 17.5 Å². The van der Waals surface area contributed by atoms with Gasteiger partial charge in [0, 0.05) is 32.0 Å². The third-order valence-corrected chi connectivity index (χ3v) is 2.97. The summed E-state index contributed by atoms with van der Waals surface area (Å²) in [6.07, 6.45) is 0.883. The first kappa shape index (κ1) is 15.7. The maximum absolute atomic E-state index is 9.13. The molecule has 2 rings (SSSR count). The summed E-state index contributed by atoms with van der Waals surface area (Å²) in [5.41, 5.74) is 2.16. The third kappa shape index (κ3) is 4.43. The highest BCUT2D eigenvalue weighted by molar-refractivity contribution is 5.64. The normalized spacial score (nSPS) is 10.0. The maximum Gasteiger partial charge on any atom is 0.224 e. The van der Waals surface area contributed by atoms with Crippen LogP contribution in [-0.4, -0.2) is 30.2 Å². The first-order chi connectivity index (χ1) is 10.7. The summed E-state index contributed by atoms with van der Waals surface area (Å²) in [6, 6.07) is 11.3. The Hall–Kier alpha value is -2.65. The summed E-state index contributed by atoms with van der Waals surface area (Å²) in [4.78, 5) is 8.77. The lowest BCUT2D eigenvalue weighted by atomic mass is 10.2. The number of aryl methyl sites for hydroxylation is 1. The summed E-state index contributed by atoms with van der Waals surface area (Å²) < 4.78 is 5.01. The first-order valence-electron chi connectivity index (χ1n) is 7.07. The number of para-hydroxylation sites is 1. The number of aromatic nitrogens is 2. The van der Waals surface area contributed by atoms with Gasteiger partial charge in [0.1, 0.15) is 11.9 Å². The molecule has 2 N–H and O–H groups in total. The van der Waals surface area contributed by atoms with E-state index in [1.807, 2.05) is 31.2 Å². The maximum atomic E-state index is 9.13. The van der Waals surface area contributed by atoms with Crippen molar-refractivity contribution in [1.82, 2.24) is 9.97 Å². The van der Waals surface area contributed by atoms with Gasteiger partial charge in [0.05, 0.1) is 11.3 Å². The SMILES string of the molecule is COCCCNc1nc(C)cc(Nc2ccccc2C#N)n1. The lowest BCUT2D eigenvalue weighted by Gasteiger charge is -2.10. The van der Waals surface area contributed by atoms with Crippen molar-refractivity contribution in [3.63, 3.8) is 0 Å². The number of nitrogens with zero attached hydrogens (tertiary/aromatic N) is 3. The topological polar surface area (TPSA) is 82.9 Å². The first-order valence-corrected chi connectivity index (χ1v) is 7.07. The highest BCUT2D eigenvalue weighted by Crippen LogP contribution is 2.20. The quantitative estimate of drug-likeness (QED) is 0.765. The minimum Gasteiger partial charge on any atom is -0.385 e. The number of methoxy groups -OCH3 is 1. The van der Waals surface area contributed by atoms with Crippen molar-refractivity contribution in [1.29, 1.82) is 5.26 Å². The summed E-state index contributed by atoms with van der Waals surface area (Å²) in [6.45, 7) is 3.34. The van der Waals surface area contributed by atoms with Crippen LogP contribution in [0.15, 0.2) is 30.3 Å². The molecule has 0 atom stereocenters. The van der Waals surface area contributed by atoms with Gasteiger partial charge < -0.3 is 15.4 Å². The fourth-order valence-electron chi connectivity index (χ4n) is 1.96. The molecule has 1 aromatic carbocycles. The second kappa shape index (κ2) is 7.96. The van der Waals surface area contributed by atoms with Crippen molar-refractivity contribution >= 4 is 17.5 Å². The third-order valence-electron chi connectivity index (χ3n) is 2.97. The summed E-state index contributed by atoms with van der Waals surface area (Å²) in [7, 11) is 1.68. The standard InChI is InChI=1S/C16H19N5O/c1-12-10-15(20-14-7-4-3-6-13(14)11-17)21-16(19-12)18-8-5-9-22-2/h3-4,6-7,10H,5,8-9H2,1-2H3,(H2,18,19,20,21). The van der Waals surface area contributed by atoms with E-state index in [4.69, 9.17) is 10.00 Å². The van der Waals surface area contributed by atoms with Gasteiger partial charge in [-0.25, -0.2) is 4.98 Å². The van der Waals surface area contributed by atoms with E-state index in [0.717, 1.165) is 24.3 Å². The average Bonchev–Trinajstić information content (AvgIpc) is 2.52. The molecular weight excluding hydrogens is 278 g/mol. The zero-order chi connectivity index (χ0) is 15.8. The van der Waals surface area contributed by atoms with Gasteiger partial charge in [-0.2, -0.15) is 10.2 Å². The highest BCUT2D eigenvalue weighted by Gasteiger charge is 2.05. The lowest BCUT2D eigenvalue weighted by molar-refractivity contribution is 0.197. The number of ether oxygens (including phenoxy) is 1. The fourth-order valence-corrected chi connectivity index (χ4v) is 1.96. The number of hydrogen-bond donors (Lipinski definition) is 2. The Bertz CT molecular complexity index is 666. The van der Waals surface area contributed by atoms with Crippen molar-refractivity contribution in [2.24, 2.45) is 0 Å². The van der Waals surface area contributed by atoms with Gasteiger partial charge in [-0.3, -0.25) is 0 Å². The van der Waals surface area contributed by atoms with Crippen molar-refractivity contribution in [2.75, 3.05) is 30.9 Å². The second-order valence-corrected chi connectivity index (χ2v) is 4.77. The van der Waals surface area contributed by atoms with Gasteiger partial charge in [0.2, 0.25) is 5.95 Å². The second-order valence-electron chi connectivity index (χ2n) is 4.77. The van der Waals surface area contributed by atoms with E-state index in [2.05, 4.69) is 26.7 Å². The van der Waals surface area contributed by atoms with Crippen molar-refractivity contribution < 1.29 is 4.74 Å². The molecule has 6 nitrogen and oxygen atoms in total. The van der Waals surface area contributed by atoms with Gasteiger partial charge in [-0.1, -0.05) is 12.1 Å². The van der Waals surface area contributed by atoms with Crippen LogP contribution in [0.3, 0.4) is 0 Å². The monoisotopic (exact) mass is 297 g/mol. The van der Waals surface area contributed by atoms with E-state index >= 15 is 0 Å². The number of nitrogens with one attached hydrogen (secondary N) is 2. The Kier molecular flexibility index (Phi) is 5.69. The number of anilines is 3. The van der Waals surface area contributed by atoms with E-state index < -0.39 is 0 Å². The predicted octanol–water partition coefficient (Wildman–Crippen LogP) is 2.85. The molecule has 0 aliphatic heterocycles. The van der Waals surface area contributed by atoms with Gasteiger partial charge in [0.25, 0.3) is 0 Å². The Labute approximate surface area is 130 Å². The van der Waals surface area contributed by atoms with E-state index in [1.54, 1.807) is 13.2 Å². The van der Waals surface area contributed by atoms with E-state index in [9.17, 15) is 0 Å². The molecule has 0 bridgehead atoms. The molecular formula is C16H19N5O. The number of hydrogen-bond acceptors (Lipinski definition) is 6. The van der Waals surface area contributed by atoms with Crippen molar-refractivity contribution in [2.45, 2.75) is 13.3 Å². The van der Waals surface area contributed by atoms with Crippen LogP contribution in [0.5, 0.6) is 0 Å². The summed E-state index contributed by atoms with van der Waals surface area (Å²) in [5.74, 6) is 1.22. The molecule has 114 valence electrons. The van der Waals surface area contributed by atoms with Gasteiger partial charge in [0.15, 0.2) is 0 Å². The highest BCUT2D eigenvalue weighted by atomic mass is 16.5. The van der Waals surface area contributed by atoms with E-state index in [0.29, 0.717) is 23.9 Å². The van der Waals surface area contributed by atoms with Gasteiger partial charge in [-0.15, -0.1) is 0 Å². The predicted molar refractivity (Wildman–Crippen MR) is 86.2 cm³/mol. The molecule has 22 heavy (non-hydrogen) atoms. The number of benzene rings is 1. The molecule has 0 fully saturated rings. The van der Waals surface area contributed by atoms with Crippen LogP contribution in [0.25, 0.3) is 0 Å². The fraction of sp³-hybridized carbons (Fsp3) is 0.312. The molecule has 6 heteroatoms. The number of rotatable bonds is 7. The minimum absolute atomic E-state index is 0.563. The van der Waals surface area contributed by atoms with Crippen molar-refractivity contribution in [3.8, 4) is 6.07 Å². The molecule has 0 spiro atoms. The van der Waals surface area contributed by atoms with Gasteiger partial charge >= 0.3 is 0 Å². The van der Waals surface area contributed by atoms with Crippen LogP contribution in [0, 0.1) is 18.3 Å². The van der Waals surface area contributed by atoms with E-state index in [1.165, 1.54) is 0 Å². The smallest absolute Gasteiger partial charge is 0.224 e. The Morgan fingerprint density at radius 2 is 2.09 bits per heavy atom. The van der Waals surface area contributed by atoms with Crippen LogP contribution in [-0.2, 0) is 4.74 Å². The zero-order valence-corrected chi connectivity index (χ0v) is 12.8. The molecule has 0 saturated heterocycles. The van der Waals surface area contributed by atoms with Gasteiger partial charge in [-0.05, 0) is 25.5 Å². The summed E-state index contributed by atoms with van der Waals surface area (Å²) in [5, 5.41) is 15.5. The molecule has 1 aromatic heterocycles. The van der Waals surface area contributed by atoms with Crippen LogP contribution in [0.2, 0.25) is 0 Å². The molecule has 0 aliphatic carbocycles. The van der Waals surface area contributed by atoms with Crippen LogP contribution < -0.4 is 10.6 Å². The van der Waals surface area contributed by atoms with Crippen molar-refractivity contribution in [3.05, 3.63) is 41.6 Å². The Morgan fingerprint density at radius 1 is 1.27 bits per heavy atom. The van der Waals surface area contributed by atoms with Crippen LogP contribution >= 0.6 is 0 Å². The largest absolute Gasteiger partial charge is 0.385 e. The molecule has 2 aromatic rings. The molecule has 0 aliphatic rings. The Balaban J connectivity index is 2.11. The zero-order valence-electron chi connectivity index (χ0n) is 12.8. The van der Waals surface area contributed by atoms with E-state index in [-0.39, 0.29) is 0 Å². The lowest BCUT2D eigenvalue weighted by Crippen LogP contribution is -2.09. The average molecular weight is 297 g/mol. The summed E-state index contributed by atoms with van der Waals surface area (Å²) >= 11 is 0. The Morgan fingerprint density at radius 3 is 2.86 bits per heavy atom. The molecule has 0 saturated carbocycles. The number of nitriles is 1.